The molecule has 3 N–H and O–H groups in total. The number of aliphatic hydroxyl groups excluding tert-OH is 1. The summed E-state index contributed by atoms with van der Waals surface area (Å²) in [5, 5.41) is 9.32. The molecule has 18 heavy (non-hydrogen) atoms. The first-order valence-corrected chi connectivity index (χ1v) is 5.86. The van der Waals surface area contributed by atoms with Crippen LogP contribution in [0.4, 0.5) is 11.4 Å². The molecule has 1 aliphatic heterocycles. The van der Waals surface area contributed by atoms with Crippen LogP contribution in [0.3, 0.4) is 0 Å². The minimum absolute atomic E-state index is 0.00921. The number of hydrogen-bond donors (Lipinski definition) is 2. The number of fused-ring (bicyclic) bond motifs is 1. The van der Waals surface area contributed by atoms with Crippen LogP contribution in [0.25, 0.3) is 0 Å². The lowest BCUT2D eigenvalue weighted by Gasteiger charge is -2.35. The number of amides is 1. The lowest BCUT2D eigenvalue weighted by atomic mass is 9.93. The summed E-state index contributed by atoms with van der Waals surface area (Å²) < 4.78 is 5.36. The van der Waals surface area contributed by atoms with Gasteiger partial charge in [0.2, 0.25) is 0 Å². The molecule has 2 rings (SSSR count). The van der Waals surface area contributed by atoms with Crippen molar-refractivity contribution in [2.45, 2.75) is 13.8 Å². The minimum atomic E-state index is -0.366. The molecule has 0 unspecified atom stereocenters. The molecule has 0 radical (unpaired) electrons. The average Bonchev–Trinajstić information content (AvgIpc) is 2.33. The molecular weight excluding hydrogens is 232 g/mol. The number of nitrogen functional groups attached to an aromatic ring is 1. The van der Waals surface area contributed by atoms with E-state index in [0.717, 1.165) is 0 Å². The lowest BCUT2D eigenvalue weighted by Crippen LogP contribution is -2.45. The molecule has 0 fully saturated rings. The fraction of sp³-hybridized carbons (Fsp3) is 0.462. The Kier molecular flexibility index (Phi) is 3.17. The Morgan fingerprint density at radius 2 is 2.22 bits per heavy atom. The lowest BCUT2D eigenvalue weighted by molar-refractivity contribution is -0.121. The highest BCUT2D eigenvalue weighted by Crippen LogP contribution is 2.35. The van der Waals surface area contributed by atoms with Crippen molar-refractivity contribution >= 4 is 17.3 Å². The van der Waals surface area contributed by atoms with Crippen LogP contribution in [0.1, 0.15) is 13.8 Å². The Bertz CT molecular complexity index is 471. The van der Waals surface area contributed by atoms with Crippen LogP contribution in [0.5, 0.6) is 5.75 Å². The minimum Gasteiger partial charge on any atom is -0.482 e. The second kappa shape index (κ2) is 4.49. The van der Waals surface area contributed by atoms with E-state index < -0.39 is 0 Å². The molecular formula is C13H18N2O3. The highest BCUT2D eigenvalue weighted by Gasteiger charge is 2.30. The standard InChI is InChI=1S/C13H18N2O3/c1-13(2,8-16)7-15-10-5-9(14)3-4-11(10)18-6-12(15)17/h3-5,16H,6-8,14H2,1-2H3. The Balaban J connectivity index is 2.36. The summed E-state index contributed by atoms with van der Waals surface area (Å²) in [7, 11) is 0. The van der Waals surface area contributed by atoms with Crippen molar-refractivity contribution in [2.75, 3.05) is 30.4 Å². The van der Waals surface area contributed by atoms with E-state index in [4.69, 9.17) is 10.5 Å². The van der Waals surface area contributed by atoms with Crippen molar-refractivity contribution in [1.29, 1.82) is 0 Å². The van der Waals surface area contributed by atoms with Gasteiger partial charge in [-0.1, -0.05) is 13.8 Å². The largest absolute Gasteiger partial charge is 0.482 e. The molecule has 0 saturated carbocycles. The van der Waals surface area contributed by atoms with E-state index in [1.54, 1.807) is 23.1 Å². The van der Waals surface area contributed by atoms with Crippen LogP contribution < -0.4 is 15.4 Å². The van der Waals surface area contributed by atoms with Gasteiger partial charge < -0.3 is 20.5 Å². The third kappa shape index (κ3) is 2.41. The van der Waals surface area contributed by atoms with Gasteiger partial charge in [0, 0.05) is 24.3 Å². The van der Waals surface area contributed by atoms with Crippen molar-refractivity contribution < 1.29 is 14.6 Å². The molecule has 5 heteroatoms. The third-order valence-corrected chi connectivity index (χ3v) is 2.94. The van der Waals surface area contributed by atoms with Crippen LogP contribution >= 0.6 is 0 Å². The normalized spacial score (nSPS) is 15.3. The monoisotopic (exact) mass is 250 g/mol. The first kappa shape index (κ1) is 12.7. The van der Waals surface area contributed by atoms with E-state index in [2.05, 4.69) is 0 Å². The van der Waals surface area contributed by atoms with Crippen molar-refractivity contribution in [3.63, 3.8) is 0 Å². The number of carbonyl (C=O) groups excluding carboxylic acids is 1. The first-order valence-electron chi connectivity index (χ1n) is 5.86. The molecule has 98 valence electrons. The predicted octanol–water partition coefficient (Wildman–Crippen LogP) is 1.01. The molecule has 1 amide bonds. The van der Waals surface area contributed by atoms with E-state index in [0.29, 0.717) is 23.7 Å². The van der Waals surface area contributed by atoms with Crippen molar-refractivity contribution in [3.8, 4) is 5.75 Å². The average molecular weight is 250 g/mol. The summed E-state index contributed by atoms with van der Waals surface area (Å²) in [5.74, 6) is 0.534. The van der Waals surface area contributed by atoms with Crippen molar-refractivity contribution in [3.05, 3.63) is 18.2 Å². The topological polar surface area (TPSA) is 75.8 Å². The quantitative estimate of drug-likeness (QED) is 0.785. The molecule has 1 aliphatic rings. The number of rotatable bonds is 3. The van der Waals surface area contributed by atoms with Gasteiger partial charge in [0.1, 0.15) is 5.75 Å². The number of hydrogen-bond acceptors (Lipinski definition) is 4. The van der Waals surface area contributed by atoms with Crippen LogP contribution in [0.15, 0.2) is 18.2 Å². The van der Waals surface area contributed by atoms with Crippen LogP contribution in [-0.2, 0) is 4.79 Å². The highest BCUT2D eigenvalue weighted by atomic mass is 16.5. The van der Waals surface area contributed by atoms with Crippen molar-refractivity contribution in [1.82, 2.24) is 0 Å². The van der Waals surface area contributed by atoms with Gasteiger partial charge in [-0.25, -0.2) is 0 Å². The number of nitrogens with zero attached hydrogens (tertiary/aromatic N) is 1. The predicted molar refractivity (Wildman–Crippen MR) is 69.6 cm³/mol. The number of nitrogens with two attached hydrogens (primary N) is 1. The maximum absolute atomic E-state index is 11.9. The molecule has 0 bridgehead atoms. The van der Waals surface area contributed by atoms with Gasteiger partial charge in [0.25, 0.3) is 5.91 Å². The molecule has 0 saturated heterocycles. The van der Waals surface area contributed by atoms with Gasteiger partial charge >= 0.3 is 0 Å². The van der Waals surface area contributed by atoms with E-state index >= 15 is 0 Å². The third-order valence-electron chi connectivity index (χ3n) is 2.94. The number of ether oxygens (including phenoxy) is 1. The van der Waals surface area contributed by atoms with E-state index in [9.17, 15) is 9.90 Å². The van der Waals surface area contributed by atoms with Crippen LogP contribution in [-0.4, -0.2) is 30.8 Å². The molecule has 1 heterocycles. The van der Waals surface area contributed by atoms with Gasteiger partial charge in [-0.15, -0.1) is 0 Å². The number of aliphatic hydroxyl groups is 1. The van der Waals surface area contributed by atoms with Gasteiger partial charge in [-0.3, -0.25) is 4.79 Å². The summed E-state index contributed by atoms with van der Waals surface area (Å²) in [5.41, 5.74) is 6.63. The SMILES string of the molecule is CC(C)(CO)CN1C(=O)COc2ccc(N)cc21. The Labute approximate surface area is 106 Å². The molecule has 1 aromatic carbocycles. The van der Waals surface area contributed by atoms with Crippen molar-refractivity contribution in [2.24, 2.45) is 5.41 Å². The van der Waals surface area contributed by atoms with Gasteiger partial charge in [-0.05, 0) is 18.2 Å². The first-order chi connectivity index (χ1) is 8.43. The maximum atomic E-state index is 11.9. The number of anilines is 2. The van der Waals surface area contributed by atoms with Crippen LogP contribution in [0, 0.1) is 5.41 Å². The highest BCUT2D eigenvalue weighted by molar-refractivity contribution is 5.98. The number of benzene rings is 1. The summed E-state index contributed by atoms with van der Waals surface area (Å²) in [6, 6.07) is 5.22. The fourth-order valence-electron chi connectivity index (χ4n) is 1.87. The van der Waals surface area contributed by atoms with Gasteiger partial charge in [0.05, 0.1) is 5.69 Å². The summed E-state index contributed by atoms with van der Waals surface area (Å²) >= 11 is 0. The molecule has 5 nitrogen and oxygen atoms in total. The summed E-state index contributed by atoms with van der Waals surface area (Å²) in [6.45, 7) is 4.28. The Morgan fingerprint density at radius 3 is 2.89 bits per heavy atom. The zero-order valence-electron chi connectivity index (χ0n) is 10.6. The molecule has 0 aliphatic carbocycles. The fourth-order valence-corrected chi connectivity index (χ4v) is 1.87. The Morgan fingerprint density at radius 1 is 1.50 bits per heavy atom. The zero-order valence-corrected chi connectivity index (χ0v) is 10.6. The smallest absolute Gasteiger partial charge is 0.265 e. The van der Waals surface area contributed by atoms with E-state index in [1.165, 1.54) is 0 Å². The zero-order chi connectivity index (χ0) is 13.3. The summed E-state index contributed by atoms with van der Waals surface area (Å²) in [6.07, 6.45) is 0. The molecule has 1 aromatic rings. The van der Waals surface area contributed by atoms with E-state index in [-0.39, 0.29) is 24.5 Å². The second-order valence-electron chi connectivity index (χ2n) is 5.32. The Hall–Kier alpha value is -1.75. The second-order valence-corrected chi connectivity index (χ2v) is 5.32. The molecule has 0 spiro atoms. The van der Waals surface area contributed by atoms with Crippen LogP contribution in [0.2, 0.25) is 0 Å². The molecule has 0 aromatic heterocycles. The molecule has 0 atom stereocenters. The number of carbonyl (C=O) groups is 1. The maximum Gasteiger partial charge on any atom is 0.265 e. The summed E-state index contributed by atoms with van der Waals surface area (Å²) in [4.78, 5) is 13.6. The van der Waals surface area contributed by atoms with Gasteiger partial charge in [-0.2, -0.15) is 0 Å². The van der Waals surface area contributed by atoms with E-state index in [1.807, 2.05) is 13.8 Å². The van der Waals surface area contributed by atoms with Gasteiger partial charge in [0.15, 0.2) is 6.61 Å².